The first-order valence-corrected chi connectivity index (χ1v) is 8.16. The minimum absolute atomic E-state index is 0.824. The molecule has 0 unspecified atom stereocenters. The third-order valence-electron chi connectivity index (χ3n) is 3.51. The maximum Gasteiger partial charge on any atom is 0.0384 e. The highest BCUT2D eigenvalue weighted by atomic mass is 14.9. The molecule has 2 rings (SSSR count). The molecule has 0 saturated heterocycles. The standard InChI is InChI=1S/C23H24N2/c1-5-7-9-19(4)25-23-16-12-21(13-17-23)20-10-14-22(15-11-20)24-18(3)8-6-2/h5-17,24-25H,1,3-4H2,2H3/b8-6-,9-7-. The van der Waals surface area contributed by atoms with Crippen LogP contribution in [0.3, 0.4) is 0 Å². The van der Waals surface area contributed by atoms with Crippen molar-refractivity contribution in [3.63, 3.8) is 0 Å². The molecule has 2 N–H and O–H groups in total. The Kier molecular flexibility index (Phi) is 6.61. The molecule has 0 aliphatic carbocycles. The second-order valence-electron chi connectivity index (χ2n) is 5.55. The van der Waals surface area contributed by atoms with E-state index >= 15 is 0 Å². The summed E-state index contributed by atoms with van der Waals surface area (Å²) in [5, 5.41) is 6.50. The summed E-state index contributed by atoms with van der Waals surface area (Å²) >= 11 is 0. The van der Waals surface area contributed by atoms with Gasteiger partial charge in [0, 0.05) is 22.8 Å². The average molecular weight is 328 g/mol. The monoisotopic (exact) mass is 328 g/mol. The first-order valence-electron chi connectivity index (χ1n) is 8.16. The van der Waals surface area contributed by atoms with Gasteiger partial charge in [-0.25, -0.2) is 0 Å². The second kappa shape index (κ2) is 9.14. The van der Waals surface area contributed by atoms with Crippen LogP contribution >= 0.6 is 0 Å². The lowest BCUT2D eigenvalue weighted by atomic mass is 10.0. The Morgan fingerprint density at radius 3 is 1.60 bits per heavy atom. The molecule has 0 heterocycles. The predicted molar refractivity (Wildman–Crippen MR) is 112 cm³/mol. The van der Waals surface area contributed by atoms with E-state index in [1.54, 1.807) is 6.08 Å². The Morgan fingerprint density at radius 2 is 1.20 bits per heavy atom. The van der Waals surface area contributed by atoms with Crippen molar-refractivity contribution in [3.8, 4) is 11.1 Å². The van der Waals surface area contributed by atoms with Gasteiger partial charge < -0.3 is 10.6 Å². The van der Waals surface area contributed by atoms with Crippen LogP contribution in [0.15, 0.2) is 110 Å². The smallest absolute Gasteiger partial charge is 0.0384 e. The first kappa shape index (κ1) is 18.1. The molecule has 0 spiro atoms. The van der Waals surface area contributed by atoms with Gasteiger partial charge in [0.2, 0.25) is 0 Å². The summed E-state index contributed by atoms with van der Waals surface area (Å²) in [6.07, 6.45) is 9.36. The highest BCUT2D eigenvalue weighted by Gasteiger charge is 2.00. The third kappa shape index (κ3) is 5.70. The maximum atomic E-state index is 3.95. The number of benzene rings is 2. The zero-order chi connectivity index (χ0) is 18.1. The van der Waals surface area contributed by atoms with Gasteiger partial charge in [-0.15, -0.1) is 0 Å². The van der Waals surface area contributed by atoms with Crippen LogP contribution in [0.1, 0.15) is 6.92 Å². The van der Waals surface area contributed by atoms with E-state index in [4.69, 9.17) is 0 Å². The minimum atomic E-state index is 0.824. The normalized spacial score (nSPS) is 10.8. The lowest BCUT2D eigenvalue weighted by Crippen LogP contribution is -1.95. The van der Waals surface area contributed by atoms with Crippen molar-refractivity contribution < 1.29 is 0 Å². The summed E-state index contributed by atoms with van der Waals surface area (Å²) in [6.45, 7) is 13.5. The molecule has 2 nitrogen and oxygen atoms in total. The minimum Gasteiger partial charge on any atom is -0.356 e. The molecule has 0 atom stereocenters. The number of rotatable bonds is 8. The van der Waals surface area contributed by atoms with Crippen LogP contribution in [0.2, 0.25) is 0 Å². The molecular formula is C23H24N2. The van der Waals surface area contributed by atoms with E-state index in [0.29, 0.717) is 0 Å². The van der Waals surface area contributed by atoms with Crippen LogP contribution in [0.4, 0.5) is 11.4 Å². The van der Waals surface area contributed by atoms with Crippen molar-refractivity contribution in [2.75, 3.05) is 10.6 Å². The molecule has 0 amide bonds. The fourth-order valence-corrected chi connectivity index (χ4v) is 2.33. The summed E-state index contributed by atoms with van der Waals surface area (Å²) in [5.41, 5.74) is 6.05. The van der Waals surface area contributed by atoms with Crippen LogP contribution in [-0.2, 0) is 0 Å². The van der Waals surface area contributed by atoms with Gasteiger partial charge >= 0.3 is 0 Å². The molecule has 0 radical (unpaired) electrons. The lowest BCUT2D eigenvalue weighted by molar-refractivity contribution is 1.47. The van der Waals surface area contributed by atoms with Gasteiger partial charge in [-0.1, -0.05) is 62.2 Å². The van der Waals surface area contributed by atoms with Crippen molar-refractivity contribution in [2.45, 2.75) is 6.92 Å². The summed E-state index contributed by atoms with van der Waals surface area (Å²) in [4.78, 5) is 0. The molecular weight excluding hydrogens is 304 g/mol. The zero-order valence-corrected chi connectivity index (χ0v) is 14.6. The topological polar surface area (TPSA) is 24.1 Å². The molecule has 0 bridgehead atoms. The van der Waals surface area contributed by atoms with E-state index in [2.05, 4.69) is 66.8 Å². The molecule has 0 aliphatic heterocycles. The van der Waals surface area contributed by atoms with Gasteiger partial charge in [-0.05, 0) is 54.5 Å². The van der Waals surface area contributed by atoms with E-state index in [9.17, 15) is 0 Å². The third-order valence-corrected chi connectivity index (χ3v) is 3.51. The van der Waals surface area contributed by atoms with Crippen LogP contribution in [-0.4, -0.2) is 0 Å². The van der Waals surface area contributed by atoms with E-state index in [0.717, 1.165) is 28.3 Å². The van der Waals surface area contributed by atoms with Gasteiger partial charge in [-0.3, -0.25) is 0 Å². The maximum absolute atomic E-state index is 3.95. The number of nitrogens with one attached hydrogen (secondary N) is 2. The van der Waals surface area contributed by atoms with E-state index in [1.807, 2.05) is 43.4 Å². The fourth-order valence-electron chi connectivity index (χ4n) is 2.33. The largest absolute Gasteiger partial charge is 0.356 e. The number of allylic oxidation sites excluding steroid dienone is 5. The number of anilines is 2. The average Bonchev–Trinajstić information content (AvgIpc) is 2.61. The van der Waals surface area contributed by atoms with Crippen LogP contribution in [0, 0.1) is 0 Å². The van der Waals surface area contributed by atoms with Crippen molar-refractivity contribution >= 4 is 11.4 Å². The van der Waals surface area contributed by atoms with E-state index in [1.165, 1.54) is 5.56 Å². The molecule has 2 aromatic rings. The summed E-state index contributed by atoms with van der Waals surface area (Å²) in [5.74, 6) is 0. The lowest BCUT2D eigenvalue weighted by Gasteiger charge is -2.09. The van der Waals surface area contributed by atoms with Gasteiger partial charge in [0.1, 0.15) is 0 Å². The molecule has 0 fully saturated rings. The Balaban J connectivity index is 2.04. The molecule has 0 aromatic heterocycles. The molecule has 2 aromatic carbocycles. The Labute approximate surface area is 150 Å². The van der Waals surface area contributed by atoms with Gasteiger partial charge in [-0.2, -0.15) is 0 Å². The summed E-state index contributed by atoms with van der Waals surface area (Å²) in [7, 11) is 0. The van der Waals surface area contributed by atoms with Crippen molar-refractivity contribution in [3.05, 3.63) is 110 Å². The molecule has 2 heteroatoms. The molecule has 126 valence electrons. The Morgan fingerprint density at radius 1 is 0.760 bits per heavy atom. The molecule has 0 aliphatic rings. The SMILES string of the molecule is C=C/C=C\C(=C)Nc1ccc(-c2ccc(NC(=C)/C=C\C)cc2)cc1. The van der Waals surface area contributed by atoms with E-state index < -0.39 is 0 Å². The second-order valence-corrected chi connectivity index (χ2v) is 5.55. The summed E-state index contributed by atoms with van der Waals surface area (Å²) in [6, 6.07) is 16.6. The van der Waals surface area contributed by atoms with Crippen LogP contribution < -0.4 is 10.6 Å². The number of hydrogen-bond acceptors (Lipinski definition) is 2. The van der Waals surface area contributed by atoms with Crippen LogP contribution in [0.5, 0.6) is 0 Å². The highest BCUT2D eigenvalue weighted by Crippen LogP contribution is 2.24. The van der Waals surface area contributed by atoms with Crippen molar-refractivity contribution in [1.29, 1.82) is 0 Å². The highest BCUT2D eigenvalue weighted by molar-refractivity contribution is 5.69. The Bertz CT molecular complexity index is 791. The van der Waals surface area contributed by atoms with Crippen molar-refractivity contribution in [1.82, 2.24) is 0 Å². The van der Waals surface area contributed by atoms with Crippen LogP contribution in [0.25, 0.3) is 11.1 Å². The van der Waals surface area contributed by atoms with Gasteiger partial charge in [0.05, 0.1) is 0 Å². The predicted octanol–water partition coefficient (Wildman–Crippen LogP) is 6.52. The molecule has 25 heavy (non-hydrogen) atoms. The van der Waals surface area contributed by atoms with Crippen molar-refractivity contribution in [2.24, 2.45) is 0 Å². The number of hydrogen-bond donors (Lipinski definition) is 2. The Hall–Kier alpha value is -3.26. The molecule has 0 saturated carbocycles. The summed E-state index contributed by atoms with van der Waals surface area (Å²) < 4.78 is 0. The van der Waals surface area contributed by atoms with Gasteiger partial charge in [0.15, 0.2) is 0 Å². The fraction of sp³-hybridized carbons (Fsp3) is 0.0435. The van der Waals surface area contributed by atoms with Gasteiger partial charge in [0.25, 0.3) is 0 Å². The zero-order valence-electron chi connectivity index (χ0n) is 14.6. The van der Waals surface area contributed by atoms with E-state index in [-0.39, 0.29) is 0 Å². The first-order chi connectivity index (χ1) is 12.1. The quantitative estimate of drug-likeness (QED) is 0.539.